The Morgan fingerprint density at radius 3 is 2.73 bits per heavy atom. The number of nitrogens with one attached hydrogen (secondary N) is 2. The van der Waals surface area contributed by atoms with Crippen molar-refractivity contribution < 1.29 is 32.6 Å². The topological polar surface area (TPSA) is 149 Å². The highest BCUT2D eigenvalue weighted by molar-refractivity contribution is 7.52. The van der Waals surface area contributed by atoms with Gasteiger partial charge in [0.15, 0.2) is 11.9 Å². The molecule has 2 aliphatic heterocycles. The van der Waals surface area contributed by atoms with Crippen LogP contribution in [0.2, 0.25) is 0 Å². The summed E-state index contributed by atoms with van der Waals surface area (Å²) in [6.45, 7) is 1.86. The van der Waals surface area contributed by atoms with E-state index in [1.54, 1.807) is 0 Å². The molecule has 144 valence electrons. The number of H-pyrrole nitrogens is 1. The first-order chi connectivity index (χ1) is 12.0. The number of carbonyl (C=O) groups is 1. The standard InChI is InChI=1S/C13H17FN3O8P/c1-6-10(20)25-26(22,16-6)23-5-7-9(19)13(2,14)11(24-7)17-4-3-8(18)15-12(17)21/h3-4,6-7,9,11,19H,5H2,1-2H3,(H,16,22)(H,15,18,21)/t6-,7+,9+,11+,13+,26?/m0/s1. The van der Waals surface area contributed by atoms with Crippen molar-refractivity contribution in [3.05, 3.63) is 33.1 Å². The number of aromatic amines is 1. The van der Waals surface area contributed by atoms with Gasteiger partial charge in [-0.05, 0) is 13.8 Å². The molecule has 1 unspecified atom stereocenters. The highest BCUT2D eigenvalue weighted by atomic mass is 31.2. The van der Waals surface area contributed by atoms with Crippen molar-refractivity contribution >= 4 is 13.7 Å². The van der Waals surface area contributed by atoms with Gasteiger partial charge in [-0.3, -0.25) is 18.9 Å². The Kier molecular flexibility index (Phi) is 4.65. The second kappa shape index (κ2) is 6.39. The molecule has 2 saturated heterocycles. The first-order valence-electron chi connectivity index (χ1n) is 7.63. The molecule has 1 aromatic heterocycles. The summed E-state index contributed by atoms with van der Waals surface area (Å²) >= 11 is 0. The second-order valence-electron chi connectivity index (χ2n) is 6.19. The van der Waals surface area contributed by atoms with Gasteiger partial charge >= 0.3 is 19.4 Å². The van der Waals surface area contributed by atoms with Crippen molar-refractivity contribution in [2.45, 2.75) is 44.0 Å². The van der Waals surface area contributed by atoms with Crippen LogP contribution >= 0.6 is 7.75 Å². The van der Waals surface area contributed by atoms with Crippen LogP contribution in [-0.2, 0) is 23.1 Å². The van der Waals surface area contributed by atoms with E-state index in [4.69, 9.17) is 9.26 Å². The Labute approximate surface area is 145 Å². The quantitative estimate of drug-likeness (QED) is 0.558. The molecular weight excluding hydrogens is 376 g/mol. The molecule has 26 heavy (non-hydrogen) atoms. The predicted octanol–water partition coefficient (Wildman–Crippen LogP) is -0.817. The number of halogens is 1. The van der Waals surface area contributed by atoms with E-state index in [0.29, 0.717) is 0 Å². The molecule has 2 fully saturated rings. The van der Waals surface area contributed by atoms with Gasteiger partial charge in [0.2, 0.25) is 0 Å². The number of hydrogen-bond acceptors (Lipinski definition) is 8. The minimum atomic E-state index is -3.94. The molecule has 13 heteroatoms. The monoisotopic (exact) mass is 393 g/mol. The third kappa shape index (κ3) is 3.26. The van der Waals surface area contributed by atoms with Gasteiger partial charge in [0.05, 0.1) is 6.61 Å². The minimum absolute atomic E-state index is 0.570. The van der Waals surface area contributed by atoms with Gasteiger partial charge in [-0.25, -0.2) is 18.5 Å². The number of ether oxygens (including phenoxy) is 1. The number of nitrogens with zero attached hydrogens (tertiary/aromatic N) is 1. The Bertz CT molecular complexity index is 883. The van der Waals surface area contributed by atoms with Gasteiger partial charge in [-0.2, -0.15) is 5.09 Å². The lowest BCUT2D eigenvalue weighted by molar-refractivity contribution is -0.134. The lowest BCUT2D eigenvalue weighted by Gasteiger charge is -2.24. The Morgan fingerprint density at radius 2 is 2.15 bits per heavy atom. The Hall–Kier alpha value is -1.85. The van der Waals surface area contributed by atoms with Crippen LogP contribution < -0.4 is 16.3 Å². The fourth-order valence-electron chi connectivity index (χ4n) is 2.71. The van der Waals surface area contributed by atoms with Gasteiger partial charge in [0.25, 0.3) is 5.56 Å². The maximum Gasteiger partial charge on any atom is 0.461 e. The summed E-state index contributed by atoms with van der Waals surface area (Å²) in [7, 11) is -3.94. The molecule has 0 radical (unpaired) electrons. The van der Waals surface area contributed by atoms with Crippen molar-refractivity contribution in [2.24, 2.45) is 0 Å². The minimum Gasteiger partial charge on any atom is -0.387 e. The highest BCUT2D eigenvalue weighted by Crippen LogP contribution is 2.50. The van der Waals surface area contributed by atoms with Gasteiger partial charge in [-0.1, -0.05) is 0 Å². The van der Waals surface area contributed by atoms with Crippen LogP contribution in [0.4, 0.5) is 4.39 Å². The van der Waals surface area contributed by atoms with Crippen molar-refractivity contribution in [3.63, 3.8) is 0 Å². The SMILES string of the molecule is C[C@@H]1NP(=O)(OC[C@H]2O[C@@H](n3ccc(=O)[nH]c3=O)[C@](C)(F)[C@@H]2O)OC1=O. The molecule has 3 N–H and O–H groups in total. The fourth-order valence-corrected chi connectivity index (χ4v) is 4.21. The molecule has 3 heterocycles. The average molecular weight is 393 g/mol. The third-order valence-electron chi connectivity index (χ3n) is 4.15. The van der Waals surface area contributed by atoms with E-state index >= 15 is 0 Å². The number of aromatic nitrogens is 2. The Morgan fingerprint density at radius 1 is 1.46 bits per heavy atom. The van der Waals surface area contributed by atoms with Gasteiger partial charge in [0.1, 0.15) is 18.2 Å². The highest BCUT2D eigenvalue weighted by Gasteiger charge is 2.56. The lowest BCUT2D eigenvalue weighted by Crippen LogP contribution is -2.43. The van der Waals surface area contributed by atoms with Crippen LogP contribution in [-0.4, -0.2) is 51.2 Å². The summed E-state index contributed by atoms with van der Waals surface area (Å²) in [5.41, 5.74) is -4.02. The summed E-state index contributed by atoms with van der Waals surface area (Å²) in [6, 6.07) is 0.160. The smallest absolute Gasteiger partial charge is 0.387 e. The van der Waals surface area contributed by atoms with Gasteiger partial charge in [0, 0.05) is 12.3 Å². The number of aliphatic hydroxyl groups excluding tert-OH is 1. The summed E-state index contributed by atoms with van der Waals surface area (Å²) in [4.78, 5) is 36.3. The van der Waals surface area contributed by atoms with Crippen LogP contribution in [0.3, 0.4) is 0 Å². The summed E-state index contributed by atoms with van der Waals surface area (Å²) in [6.07, 6.45) is -3.58. The van der Waals surface area contributed by atoms with E-state index in [1.165, 1.54) is 6.92 Å². The van der Waals surface area contributed by atoms with Gasteiger partial charge in [-0.15, -0.1) is 0 Å². The average Bonchev–Trinajstić information content (AvgIpc) is 2.92. The van der Waals surface area contributed by atoms with E-state index in [0.717, 1.165) is 23.8 Å². The number of rotatable bonds is 4. The Balaban J connectivity index is 1.77. The number of hydrogen-bond donors (Lipinski definition) is 3. The number of carbonyl (C=O) groups excluding carboxylic acids is 1. The first kappa shape index (κ1) is 18.9. The molecule has 0 saturated carbocycles. The van der Waals surface area contributed by atoms with Crippen molar-refractivity contribution in [1.29, 1.82) is 0 Å². The number of alkyl halides is 1. The molecule has 11 nitrogen and oxygen atoms in total. The zero-order valence-corrected chi connectivity index (χ0v) is 14.6. The summed E-state index contributed by atoms with van der Waals surface area (Å²) < 4.78 is 42.9. The van der Waals surface area contributed by atoms with E-state index in [-0.39, 0.29) is 0 Å². The van der Waals surface area contributed by atoms with Crippen LogP contribution in [0.5, 0.6) is 0 Å². The van der Waals surface area contributed by atoms with Crippen molar-refractivity contribution in [1.82, 2.24) is 14.6 Å². The molecule has 0 aliphatic carbocycles. The molecule has 1 aromatic rings. The molecule has 0 bridgehead atoms. The normalized spacial score (nSPS) is 39.9. The summed E-state index contributed by atoms with van der Waals surface area (Å²) in [5.74, 6) is -0.769. The second-order valence-corrected chi connectivity index (χ2v) is 7.89. The first-order valence-corrected chi connectivity index (χ1v) is 9.17. The molecule has 2 aliphatic rings. The van der Waals surface area contributed by atoms with Crippen molar-refractivity contribution in [3.8, 4) is 0 Å². The summed E-state index contributed by atoms with van der Waals surface area (Å²) in [5, 5.41) is 12.5. The van der Waals surface area contributed by atoms with E-state index in [9.17, 15) is 28.4 Å². The van der Waals surface area contributed by atoms with Gasteiger partial charge < -0.3 is 14.4 Å². The van der Waals surface area contributed by atoms with Crippen LogP contribution in [0, 0.1) is 0 Å². The zero-order chi connectivity index (χ0) is 19.3. The molecule has 3 rings (SSSR count). The predicted molar refractivity (Wildman–Crippen MR) is 83.0 cm³/mol. The molecule has 6 atom stereocenters. The largest absolute Gasteiger partial charge is 0.461 e. The lowest BCUT2D eigenvalue weighted by atomic mass is 9.98. The molecular formula is C13H17FN3O8P. The van der Waals surface area contributed by atoms with Crippen LogP contribution in [0.25, 0.3) is 0 Å². The third-order valence-corrected chi connectivity index (χ3v) is 5.76. The van der Waals surface area contributed by atoms with E-state index in [2.05, 4.69) is 9.61 Å². The maximum atomic E-state index is 15.0. The maximum absolute atomic E-state index is 15.0. The molecule has 0 amide bonds. The molecule has 0 spiro atoms. The molecule has 0 aromatic carbocycles. The van der Waals surface area contributed by atoms with Crippen LogP contribution in [0.1, 0.15) is 20.1 Å². The van der Waals surface area contributed by atoms with Crippen LogP contribution in [0.15, 0.2) is 21.9 Å². The van der Waals surface area contributed by atoms with Crippen molar-refractivity contribution in [2.75, 3.05) is 6.61 Å². The van der Waals surface area contributed by atoms with E-state index in [1.807, 2.05) is 4.98 Å². The zero-order valence-electron chi connectivity index (χ0n) is 13.7. The number of aliphatic hydroxyl groups is 1. The van der Waals surface area contributed by atoms with E-state index < -0.39 is 61.7 Å². The fraction of sp³-hybridized carbons (Fsp3) is 0.615.